The molecule has 0 bridgehead atoms. The number of likely N-dealkylation sites (tertiary alicyclic amines) is 1. The molecule has 8 heteroatoms. The maximum absolute atomic E-state index is 13.9. The van der Waals surface area contributed by atoms with Crippen LogP contribution in [0.15, 0.2) is 60.9 Å². The number of piperidine rings is 1. The van der Waals surface area contributed by atoms with Crippen molar-refractivity contribution in [1.82, 2.24) is 19.8 Å². The molecule has 0 aliphatic carbocycles. The SMILES string of the molecule is C[C@@H]1CCCN(C(=O)c2cc(Cl)ccc2-c2ncccn2)[C@@H]1CN1C(=O)c2ccccc2C1=O. The Bertz CT molecular complexity index is 1250. The molecule has 2 aromatic carbocycles. The van der Waals surface area contributed by atoms with Gasteiger partial charge in [0.05, 0.1) is 29.3 Å². The summed E-state index contributed by atoms with van der Waals surface area (Å²) in [6, 6.07) is 13.3. The van der Waals surface area contributed by atoms with Crippen LogP contribution in [0.3, 0.4) is 0 Å². The summed E-state index contributed by atoms with van der Waals surface area (Å²) < 4.78 is 0. The van der Waals surface area contributed by atoms with Gasteiger partial charge >= 0.3 is 0 Å². The van der Waals surface area contributed by atoms with E-state index in [2.05, 4.69) is 16.9 Å². The second-order valence-electron chi connectivity index (χ2n) is 8.71. The van der Waals surface area contributed by atoms with Crippen molar-refractivity contribution >= 4 is 29.3 Å². The molecule has 34 heavy (non-hydrogen) atoms. The molecule has 5 rings (SSSR count). The van der Waals surface area contributed by atoms with Crippen LogP contribution in [0.4, 0.5) is 0 Å². The van der Waals surface area contributed by atoms with Crippen LogP contribution in [0.2, 0.25) is 5.02 Å². The third-order valence-corrected chi connectivity index (χ3v) is 6.88. The van der Waals surface area contributed by atoms with E-state index in [0.717, 1.165) is 12.8 Å². The summed E-state index contributed by atoms with van der Waals surface area (Å²) in [5.41, 5.74) is 1.81. The lowest BCUT2D eigenvalue weighted by Crippen LogP contribution is -2.54. The summed E-state index contributed by atoms with van der Waals surface area (Å²) in [4.78, 5) is 51.5. The first-order valence-corrected chi connectivity index (χ1v) is 11.7. The second-order valence-corrected chi connectivity index (χ2v) is 9.15. The van der Waals surface area contributed by atoms with Gasteiger partial charge in [0, 0.05) is 29.5 Å². The highest BCUT2D eigenvalue weighted by Gasteiger charge is 2.41. The maximum atomic E-state index is 13.9. The topological polar surface area (TPSA) is 83.5 Å². The zero-order chi connectivity index (χ0) is 23.8. The Balaban J connectivity index is 1.48. The minimum absolute atomic E-state index is 0.109. The number of benzene rings is 2. The minimum atomic E-state index is -0.313. The molecular weight excluding hydrogens is 452 g/mol. The third-order valence-electron chi connectivity index (χ3n) is 6.64. The minimum Gasteiger partial charge on any atom is -0.334 e. The smallest absolute Gasteiger partial charge is 0.261 e. The molecule has 3 aromatic rings. The molecule has 0 spiro atoms. The van der Waals surface area contributed by atoms with E-state index in [1.165, 1.54) is 4.90 Å². The monoisotopic (exact) mass is 474 g/mol. The van der Waals surface area contributed by atoms with E-state index in [4.69, 9.17) is 11.6 Å². The van der Waals surface area contributed by atoms with Crippen molar-refractivity contribution in [2.24, 2.45) is 5.92 Å². The van der Waals surface area contributed by atoms with E-state index in [9.17, 15) is 14.4 Å². The van der Waals surface area contributed by atoms with Gasteiger partial charge in [0.2, 0.25) is 0 Å². The molecule has 2 aliphatic heterocycles. The molecule has 7 nitrogen and oxygen atoms in total. The fourth-order valence-electron chi connectivity index (χ4n) is 4.85. The number of rotatable bonds is 4. The van der Waals surface area contributed by atoms with Crippen LogP contribution >= 0.6 is 11.6 Å². The molecule has 172 valence electrons. The van der Waals surface area contributed by atoms with Crippen LogP contribution < -0.4 is 0 Å². The zero-order valence-electron chi connectivity index (χ0n) is 18.6. The highest BCUT2D eigenvalue weighted by atomic mass is 35.5. The van der Waals surface area contributed by atoms with Gasteiger partial charge < -0.3 is 4.90 Å². The van der Waals surface area contributed by atoms with Crippen molar-refractivity contribution in [3.63, 3.8) is 0 Å². The molecule has 1 saturated heterocycles. The van der Waals surface area contributed by atoms with Gasteiger partial charge in [0.1, 0.15) is 0 Å². The van der Waals surface area contributed by atoms with Crippen molar-refractivity contribution in [3.8, 4) is 11.4 Å². The van der Waals surface area contributed by atoms with Gasteiger partial charge in [0.15, 0.2) is 5.82 Å². The van der Waals surface area contributed by atoms with Crippen LogP contribution in [0.25, 0.3) is 11.4 Å². The van der Waals surface area contributed by atoms with Crippen molar-refractivity contribution in [2.45, 2.75) is 25.8 Å². The van der Waals surface area contributed by atoms with E-state index >= 15 is 0 Å². The predicted molar refractivity (Wildman–Crippen MR) is 128 cm³/mol. The lowest BCUT2D eigenvalue weighted by molar-refractivity contribution is 0.0369. The van der Waals surface area contributed by atoms with E-state index in [1.807, 2.05) is 0 Å². The number of imide groups is 1. The largest absolute Gasteiger partial charge is 0.334 e. The lowest BCUT2D eigenvalue weighted by atomic mass is 9.89. The summed E-state index contributed by atoms with van der Waals surface area (Å²) in [6.45, 7) is 2.73. The second kappa shape index (κ2) is 8.99. The van der Waals surface area contributed by atoms with E-state index in [-0.39, 0.29) is 36.2 Å². The first-order chi connectivity index (χ1) is 16.5. The Morgan fingerprint density at radius 1 is 1.00 bits per heavy atom. The quantitative estimate of drug-likeness (QED) is 0.525. The van der Waals surface area contributed by atoms with Crippen LogP contribution in [-0.4, -0.2) is 56.6 Å². The highest BCUT2D eigenvalue weighted by molar-refractivity contribution is 6.31. The number of halogens is 1. The van der Waals surface area contributed by atoms with Crippen LogP contribution in [-0.2, 0) is 0 Å². The molecule has 1 fully saturated rings. The summed E-state index contributed by atoms with van der Waals surface area (Å²) in [5.74, 6) is -0.293. The number of fused-ring (bicyclic) bond motifs is 1. The predicted octanol–water partition coefficient (Wildman–Crippen LogP) is 4.33. The first-order valence-electron chi connectivity index (χ1n) is 11.3. The van der Waals surface area contributed by atoms with Crippen molar-refractivity contribution in [1.29, 1.82) is 0 Å². The Morgan fingerprint density at radius 2 is 1.68 bits per heavy atom. The van der Waals surface area contributed by atoms with Gasteiger partial charge in [-0.3, -0.25) is 19.3 Å². The third kappa shape index (κ3) is 3.86. The maximum Gasteiger partial charge on any atom is 0.261 e. The van der Waals surface area contributed by atoms with Gasteiger partial charge in [-0.2, -0.15) is 0 Å². The van der Waals surface area contributed by atoms with Gasteiger partial charge in [-0.15, -0.1) is 0 Å². The molecule has 3 heterocycles. The number of carbonyl (C=O) groups excluding carboxylic acids is 3. The van der Waals surface area contributed by atoms with Crippen molar-refractivity contribution in [2.75, 3.05) is 13.1 Å². The lowest BCUT2D eigenvalue weighted by Gasteiger charge is -2.41. The molecule has 0 N–H and O–H groups in total. The summed E-state index contributed by atoms with van der Waals surface area (Å²) in [7, 11) is 0. The molecule has 0 unspecified atom stereocenters. The van der Waals surface area contributed by atoms with E-state index in [1.54, 1.807) is 65.8 Å². The molecule has 2 aliphatic rings. The Labute approximate surface area is 202 Å². The molecule has 2 atom stereocenters. The average molecular weight is 475 g/mol. The average Bonchev–Trinajstić information content (AvgIpc) is 3.10. The molecule has 1 aromatic heterocycles. The Morgan fingerprint density at radius 3 is 2.35 bits per heavy atom. The summed E-state index contributed by atoms with van der Waals surface area (Å²) in [6.07, 6.45) is 4.99. The number of amides is 3. The molecule has 0 saturated carbocycles. The van der Waals surface area contributed by atoms with Gasteiger partial charge in [-0.25, -0.2) is 9.97 Å². The molecule has 3 amide bonds. The number of aromatic nitrogens is 2. The Kier molecular flexibility index (Phi) is 5.87. The normalized spacial score (nSPS) is 19.9. The van der Waals surface area contributed by atoms with Crippen LogP contribution in [0, 0.1) is 5.92 Å². The van der Waals surface area contributed by atoms with Gasteiger partial charge in [-0.1, -0.05) is 30.7 Å². The van der Waals surface area contributed by atoms with Crippen LogP contribution in [0.5, 0.6) is 0 Å². The van der Waals surface area contributed by atoms with E-state index in [0.29, 0.717) is 39.6 Å². The molecular formula is C26H23ClN4O3. The molecule has 0 radical (unpaired) electrons. The van der Waals surface area contributed by atoms with Crippen molar-refractivity contribution < 1.29 is 14.4 Å². The highest BCUT2D eigenvalue weighted by Crippen LogP contribution is 2.32. The standard InChI is InChI=1S/C26H23ClN4O3/c1-16-6-4-13-30(22(16)15-31-24(32)19-7-2-3-8-20(19)25(31)33)26(34)21-14-17(27)9-10-18(21)23-28-11-5-12-29-23/h2-3,5,7-12,14,16,22H,4,6,13,15H2,1H3/t16-,22-/m1/s1. The van der Waals surface area contributed by atoms with E-state index < -0.39 is 0 Å². The number of hydrogen-bond acceptors (Lipinski definition) is 5. The zero-order valence-corrected chi connectivity index (χ0v) is 19.4. The van der Waals surface area contributed by atoms with Gasteiger partial charge in [-0.05, 0) is 55.2 Å². The summed E-state index contributed by atoms with van der Waals surface area (Å²) in [5, 5.41) is 0.435. The number of nitrogens with zero attached hydrogens (tertiary/aromatic N) is 4. The van der Waals surface area contributed by atoms with Crippen LogP contribution in [0.1, 0.15) is 50.8 Å². The number of hydrogen-bond donors (Lipinski definition) is 0. The fourth-order valence-corrected chi connectivity index (χ4v) is 5.03. The van der Waals surface area contributed by atoms with Gasteiger partial charge in [0.25, 0.3) is 17.7 Å². The summed E-state index contributed by atoms with van der Waals surface area (Å²) >= 11 is 6.27. The first kappa shape index (κ1) is 22.2. The Hall–Kier alpha value is -3.58. The fraction of sp³-hybridized carbons (Fsp3) is 0.269. The number of carbonyl (C=O) groups is 3. The van der Waals surface area contributed by atoms with Crippen molar-refractivity contribution in [3.05, 3.63) is 82.6 Å².